The van der Waals surface area contributed by atoms with Gasteiger partial charge in [0, 0.05) is 11.6 Å². The summed E-state index contributed by atoms with van der Waals surface area (Å²) in [6.07, 6.45) is 0. The number of amides is 1. The molecule has 0 spiro atoms. The second-order valence-corrected chi connectivity index (χ2v) is 6.66. The molecule has 0 aliphatic heterocycles. The first-order valence-corrected chi connectivity index (χ1v) is 9.11. The summed E-state index contributed by atoms with van der Waals surface area (Å²) < 4.78 is 39.3. The molecule has 0 atom stereocenters. The number of carbonyl (C=O) groups is 2. The fraction of sp³-hybridized carbons (Fsp3) is 0.211. The average molecular weight is 406 g/mol. The first kappa shape index (κ1) is 19.7. The minimum absolute atomic E-state index is 0.0132. The highest BCUT2D eigenvalue weighted by atomic mass is 32.1. The van der Waals surface area contributed by atoms with Gasteiger partial charge < -0.3 is 14.0 Å². The second-order valence-electron chi connectivity index (χ2n) is 5.66. The van der Waals surface area contributed by atoms with E-state index in [1.54, 1.807) is 19.1 Å². The molecule has 0 fully saturated rings. The Morgan fingerprint density at radius 2 is 1.89 bits per heavy atom. The highest BCUT2D eigenvalue weighted by Gasteiger charge is 2.17. The van der Waals surface area contributed by atoms with E-state index in [0.29, 0.717) is 11.8 Å². The largest absolute Gasteiger partial charge is 0.497 e. The number of nitrogens with zero attached hydrogens (tertiary/aromatic N) is 2. The van der Waals surface area contributed by atoms with Gasteiger partial charge in [-0.05, 0) is 37.3 Å². The Kier molecular flexibility index (Phi) is 5.84. The Morgan fingerprint density at radius 1 is 1.18 bits per heavy atom. The lowest BCUT2D eigenvalue weighted by Crippen LogP contribution is -2.23. The van der Waals surface area contributed by atoms with E-state index >= 15 is 0 Å². The van der Waals surface area contributed by atoms with Crippen molar-refractivity contribution in [3.8, 4) is 5.75 Å². The number of hydrogen-bond acceptors (Lipinski definition) is 5. The Balaban J connectivity index is 2.12. The van der Waals surface area contributed by atoms with Crippen LogP contribution in [0.2, 0.25) is 0 Å². The molecule has 0 aliphatic rings. The summed E-state index contributed by atoms with van der Waals surface area (Å²) >= 11 is 0.906. The molecule has 0 saturated heterocycles. The third kappa shape index (κ3) is 4.09. The number of halogens is 2. The fourth-order valence-corrected chi connectivity index (χ4v) is 3.65. The van der Waals surface area contributed by atoms with Crippen molar-refractivity contribution in [2.75, 3.05) is 13.7 Å². The van der Waals surface area contributed by atoms with E-state index in [1.807, 2.05) is 0 Å². The van der Waals surface area contributed by atoms with Crippen LogP contribution in [-0.2, 0) is 16.1 Å². The zero-order chi connectivity index (χ0) is 20.3. The van der Waals surface area contributed by atoms with Gasteiger partial charge in [0.1, 0.15) is 18.1 Å². The summed E-state index contributed by atoms with van der Waals surface area (Å²) in [6.45, 7) is 1.43. The van der Waals surface area contributed by atoms with Gasteiger partial charge in [0.2, 0.25) is 0 Å². The molecule has 6 nitrogen and oxygen atoms in total. The van der Waals surface area contributed by atoms with Crippen LogP contribution in [0.4, 0.5) is 8.78 Å². The summed E-state index contributed by atoms with van der Waals surface area (Å²) in [4.78, 5) is 28.5. The molecular formula is C19H16F2N2O4S. The normalized spacial score (nSPS) is 11.6. The van der Waals surface area contributed by atoms with Gasteiger partial charge in [0.25, 0.3) is 5.91 Å². The lowest BCUT2D eigenvalue weighted by Gasteiger charge is -2.06. The molecule has 0 unspecified atom stereocenters. The topological polar surface area (TPSA) is 69.9 Å². The average Bonchev–Trinajstić information content (AvgIpc) is 2.98. The predicted molar refractivity (Wildman–Crippen MR) is 99.3 cm³/mol. The zero-order valence-corrected chi connectivity index (χ0v) is 15.9. The van der Waals surface area contributed by atoms with Crippen LogP contribution in [-0.4, -0.2) is 30.2 Å². The van der Waals surface area contributed by atoms with Crippen LogP contribution in [0, 0.1) is 11.6 Å². The maximum Gasteiger partial charge on any atom is 0.326 e. The maximum atomic E-state index is 14.4. The van der Waals surface area contributed by atoms with E-state index in [0.717, 1.165) is 17.4 Å². The Hall–Kier alpha value is -3.07. The Bertz CT molecular complexity index is 1100. The number of fused-ring (bicyclic) bond motifs is 1. The van der Waals surface area contributed by atoms with Gasteiger partial charge in [-0.1, -0.05) is 11.3 Å². The minimum atomic E-state index is -0.853. The van der Waals surface area contributed by atoms with Crippen molar-refractivity contribution in [3.05, 3.63) is 58.4 Å². The van der Waals surface area contributed by atoms with Gasteiger partial charge in [0.05, 0.1) is 23.9 Å². The Labute approximate surface area is 162 Å². The quantitative estimate of drug-likeness (QED) is 0.610. The summed E-state index contributed by atoms with van der Waals surface area (Å²) in [5.74, 6) is -2.25. The summed E-state index contributed by atoms with van der Waals surface area (Å²) in [7, 11) is 1.50. The summed E-state index contributed by atoms with van der Waals surface area (Å²) in [5, 5.41) is 0. The number of rotatable bonds is 5. The Morgan fingerprint density at radius 3 is 2.54 bits per heavy atom. The summed E-state index contributed by atoms with van der Waals surface area (Å²) in [6, 6.07) is 8.13. The zero-order valence-electron chi connectivity index (χ0n) is 15.1. The molecule has 1 amide bonds. The lowest BCUT2D eigenvalue weighted by molar-refractivity contribution is -0.143. The van der Waals surface area contributed by atoms with Crippen LogP contribution in [0.15, 0.2) is 41.4 Å². The molecular weight excluding hydrogens is 390 g/mol. The van der Waals surface area contributed by atoms with E-state index < -0.39 is 23.5 Å². The molecule has 146 valence electrons. The highest BCUT2D eigenvalue weighted by Crippen LogP contribution is 2.22. The number of aromatic nitrogens is 1. The van der Waals surface area contributed by atoms with Crippen LogP contribution >= 0.6 is 11.3 Å². The van der Waals surface area contributed by atoms with E-state index in [2.05, 4.69) is 4.99 Å². The fourth-order valence-electron chi connectivity index (χ4n) is 2.58. The van der Waals surface area contributed by atoms with Crippen LogP contribution in [0.25, 0.3) is 10.2 Å². The third-order valence-electron chi connectivity index (χ3n) is 3.82. The molecule has 1 heterocycles. The SMILES string of the molecule is CCOC(=O)Cn1c(=NC(=O)c2ccc(OC)cc2)sc2cc(F)cc(F)c21. The van der Waals surface area contributed by atoms with E-state index in [-0.39, 0.29) is 33.7 Å². The predicted octanol–water partition coefficient (Wildman–Crippen LogP) is 3.29. The van der Waals surface area contributed by atoms with Gasteiger partial charge in [0.15, 0.2) is 10.6 Å². The van der Waals surface area contributed by atoms with Crippen molar-refractivity contribution < 1.29 is 27.8 Å². The minimum Gasteiger partial charge on any atom is -0.497 e. The van der Waals surface area contributed by atoms with Crippen molar-refractivity contribution in [2.24, 2.45) is 4.99 Å². The monoisotopic (exact) mass is 406 g/mol. The van der Waals surface area contributed by atoms with E-state index in [1.165, 1.54) is 23.8 Å². The van der Waals surface area contributed by atoms with Gasteiger partial charge in [-0.3, -0.25) is 9.59 Å². The molecule has 0 N–H and O–H groups in total. The van der Waals surface area contributed by atoms with Crippen LogP contribution in [0.1, 0.15) is 17.3 Å². The summed E-state index contributed by atoms with van der Waals surface area (Å²) in [5.41, 5.74) is 0.272. The van der Waals surface area contributed by atoms with Crippen molar-refractivity contribution in [1.82, 2.24) is 4.57 Å². The second kappa shape index (κ2) is 8.30. The molecule has 3 rings (SSSR count). The van der Waals surface area contributed by atoms with Crippen molar-refractivity contribution in [3.63, 3.8) is 0 Å². The van der Waals surface area contributed by atoms with Gasteiger partial charge in [-0.25, -0.2) is 8.78 Å². The van der Waals surface area contributed by atoms with Gasteiger partial charge in [-0.15, -0.1) is 0 Å². The number of hydrogen-bond donors (Lipinski definition) is 0. The van der Waals surface area contributed by atoms with Crippen molar-refractivity contribution >= 4 is 33.4 Å². The number of carbonyl (C=O) groups excluding carboxylic acids is 2. The molecule has 0 saturated carbocycles. The molecule has 2 aromatic carbocycles. The molecule has 0 aliphatic carbocycles. The number of ether oxygens (including phenoxy) is 2. The number of esters is 1. The van der Waals surface area contributed by atoms with E-state index in [4.69, 9.17) is 9.47 Å². The van der Waals surface area contributed by atoms with Gasteiger partial charge in [-0.2, -0.15) is 4.99 Å². The number of benzene rings is 2. The third-order valence-corrected chi connectivity index (χ3v) is 4.85. The van der Waals surface area contributed by atoms with Gasteiger partial charge >= 0.3 is 5.97 Å². The smallest absolute Gasteiger partial charge is 0.326 e. The lowest BCUT2D eigenvalue weighted by atomic mass is 10.2. The van der Waals surface area contributed by atoms with Crippen molar-refractivity contribution in [1.29, 1.82) is 0 Å². The molecule has 3 aromatic rings. The van der Waals surface area contributed by atoms with Crippen molar-refractivity contribution in [2.45, 2.75) is 13.5 Å². The molecule has 0 bridgehead atoms. The van der Waals surface area contributed by atoms with Crippen LogP contribution in [0.5, 0.6) is 5.75 Å². The maximum absolute atomic E-state index is 14.4. The molecule has 28 heavy (non-hydrogen) atoms. The van der Waals surface area contributed by atoms with E-state index in [9.17, 15) is 18.4 Å². The molecule has 0 radical (unpaired) electrons. The van der Waals surface area contributed by atoms with Crippen LogP contribution in [0.3, 0.4) is 0 Å². The van der Waals surface area contributed by atoms with Crippen LogP contribution < -0.4 is 9.54 Å². The standard InChI is InChI=1S/C19H16F2N2O4S/c1-3-27-16(24)10-23-17-14(21)8-12(20)9-15(17)28-19(23)22-18(25)11-4-6-13(26-2)7-5-11/h4-9H,3,10H2,1-2H3. The highest BCUT2D eigenvalue weighted by molar-refractivity contribution is 7.16. The molecule has 1 aromatic heterocycles. The number of thiazole rings is 1. The molecule has 9 heteroatoms. The first-order valence-electron chi connectivity index (χ1n) is 8.30. The number of methoxy groups -OCH3 is 1. The first-order chi connectivity index (χ1) is 13.4.